The maximum atomic E-state index is 5.81. The lowest BCUT2D eigenvalue weighted by Gasteiger charge is -2.33. The summed E-state index contributed by atoms with van der Waals surface area (Å²) in [4.78, 5) is 9.38. The fourth-order valence-electron chi connectivity index (χ4n) is 3.63. The van der Waals surface area contributed by atoms with E-state index in [1.165, 1.54) is 16.8 Å². The van der Waals surface area contributed by atoms with Crippen molar-refractivity contribution >= 4 is 11.5 Å². The van der Waals surface area contributed by atoms with E-state index in [0.29, 0.717) is 6.61 Å². The van der Waals surface area contributed by atoms with Crippen molar-refractivity contribution in [2.45, 2.75) is 20.0 Å². The third-order valence-corrected chi connectivity index (χ3v) is 5.02. The third kappa shape index (κ3) is 3.66. The molecule has 2 aliphatic heterocycles. The van der Waals surface area contributed by atoms with Gasteiger partial charge in [-0.05, 0) is 31.5 Å². The van der Waals surface area contributed by atoms with Crippen LogP contribution in [0, 0.1) is 13.8 Å². The highest BCUT2D eigenvalue weighted by atomic mass is 16.5. The number of anilines is 2. The molecule has 0 radical (unpaired) electrons. The molecule has 2 aliphatic rings. The van der Waals surface area contributed by atoms with Crippen LogP contribution in [0.25, 0.3) is 0 Å². The van der Waals surface area contributed by atoms with Crippen molar-refractivity contribution in [1.82, 2.24) is 4.98 Å². The van der Waals surface area contributed by atoms with Crippen molar-refractivity contribution in [3.63, 3.8) is 0 Å². The molecule has 0 aliphatic carbocycles. The molecular weight excluding hydrogens is 328 g/mol. The summed E-state index contributed by atoms with van der Waals surface area (Å²) in [6.07, 6.45) is 6.48. The van der Waals surface area contributed by atoms with E-state index in [1.54, 1.807) is 0 Å². The summed E-state index contributed by atoms with van der Waals surface area (Å²) in [5, 5.41) is 0. The fourth-order valence-corrected chi connectivity index (χ4v) is 3.63. The van der Waals surface area contributed by atoms with E-state index in [4.69, 9.17) is 9.47 Å². The van der Waals surface area contributed by atoms with Gasteiger partial charge in [-0.15, -0.1) is 0 Å². The Balaban J connectivity index is 1.65. The molecule has 4 rings (SSSR count). The highest BCUT2D eigenvalue weighted by molar-refractivity contribution is 5.45. The largest absolute Gasteiger partial charge is 0.378 e. The Labute approximate surface area is 155 Å². The number of morpholine rings is 2. The standard InChI is InChI=1S/C20H27N4O2/c1-16-3-4-19(21-12-16)24-7-10-26-15-20(24)23-13-17(2)11-18(14-23)22-5-8-25-9-6-22/h3-4,11-14,20H,5-10,15H2,1-2H3/q+1. The third-order valence-electron chi connectivity index (χ3n) is 5.02. The van der Waals surface area contributed by atoms with E-state index >= 15 is 0 Å². The molecule has 4 heterocycles. The first-order valence-electron chi connectivity index (χ1n) is 9.33. The summed E-state index contributed by atoms with van der Waals surface area (Å²) in [6.45, 7) is 9.91. The summed E-state index contributed by atoms with van der Waals surface area (Å²) in [5.41, 5.74) is 3.67. The van der Waals surface area contributed by atoms with Crippen molar-refractivity contribution < 1.29 is 14.0 Å². The fraction of sp³-hybridized carbons (Fsp3) is 0.500. The summed E-state index contributed by atoms with van der Waals surface area (Å²) in [7, 11) is 0. The molecule has 0 bridgehead atoms. The van der Waals surface area contributed by atoms with Crippen LogP contribution >= 0.6 is 0 Å². The molecule has 0 saturated carbocycles. The summed E-state index contributed by atoms with van der Waals surface area (Å²) < 4.78 is 13.6. The normalized spacial score (nSPS) is 21.1. The van der Waals surface area contributed by atoms with Crippen LogP contribution in [0.1, 0.15) is 17.3 Å². The number of pyridine rings is 2. The van der Waals surface area contributed by atoms with Crippen LogP contribution < -0.4 is 14.4 Å². The first kappa shape index (κ1) is 17.2. The molecule has 2 saturated heterocycles. The van der Waals surface area contributed by atoms with E-state index in [9.17, 15) is 0 Å². The average Bonchev–Trinajstić information content (AvgIpc) is 2.69. The quantitative estimate of drug-likeness (QED) is 0.786. The van der Waals surface area contributed by atoms with Gasteiger partial charge < -0.3 is 14.4 Å². The first-order valence-corrected chi connectivity index (χ1v) is 9.33. The summed E-state index contributed by atoms with van der Waals surface area (Å²) in [5.74, 6) is 1.01. The number of aryl methyl sites for hydroxylation is 2. The van der Waals surface area contributed by atoms with E-state index < -0.39 is 0 Å². The molecule has 0 aromatic carbocycles. The highest BCUT2D eigenvalue weighted by Crippen LogP contribution is 2.22. The van der Waals surface area contributed by atoms with Crippen molar-refractivity contribution in [1.29, 1.82) is 0 Å². The van der Waals surface area contributed by atoms with Crippen LogP contribution in [0.15, 0.2) is 36.8 Å². The molecule has 26 heavy (non-hydrogen) atoms. The number of nitrogens with zero attached hydrogens (tertiary/aromatic N) is 4. The minimum absolute atomic E-state index is 0.110. The Kier molecular flexibility index (Phi) is 5.04. The lowest BCUT2D eigenvalue weighted by atomic mass is 10.2. The van der Waals surface area contributed by atoms with Crippen LogP contribution in [0.2, 0.25) is 0 Å². The van der Waals surface area contributed by atoms with Crippen molar-refractivity contribution in [2.24, 2.45) is 0 Å². The predicted octanol–water partition coefficient (Wildman–Crippen LogP) is 1.86. The van der Waals surface area contributed by atoms with E-state index in [0.717, 1.165) is 45.3 Å². The van der Waals surface area contributed by atoms with Gasteiger partial charge in [0, 0.05) is 31.4 Å². The molecule has 2 aromatic rings. The number of aromatic nitrogens is 2. The first-order chi connectivity index (χ1) is 12.7. The van der Waals surface area contributed by atoms with Gasteiger partial charge in [-0.25, -0.2) is 4.98 Å². The van der Waals surface area contributed by atoms with Gasteiger partial charge in [-0.3, -0.25) is 4.90 Å². The zero-order valence-electron chi connectivity index (χ0n) is 15.6. The zero-order chi connectivity index (χ0) is 17.9. The van der Waals surface area contributed by atoms with Crippen LogP contribution in [-0.4, -0.2) is 51.0 Å². The van der Waals surface area contributed by atoms with Crippen LogP contribution in [0.3, 0.4) is 0 Å². The average molecular weight is 355 g/mol. The Hall–Kier alpha value is -2.18. The lowest BCUT2D eigenvalue weighted by molar-refractivity contribution is -0.725. The minimum Gasteiger partial charge on any atom is -0.378 e. The van der Waals surface area contributed by atoms with Crippen molar-refractivity contribution in [2.75, 3.05) is 55.9 Å². The maximum Gasteiger partial charge on any atom is 0.258 e. The molecule has 1 atom stereocenters. The molecule has 138 valence electrons. The second-order valence-corrected chi connectivity index (χ2v) is 7.06. The topological polar surface area (TPSA) is 41.7 Å². The molecule has 2 fully saturated rings. The maximum absolute atomic E-state index is 5.81. The Morgan fingerprint density at radius 1 is 1.00 bits per heavy atom. The van der Waals surface area contributed by atoms with Crippen molar-refractivity contribution in [3.05, 3.63) is 47.9 Å². The van der Waals surface area contributed by atoms with Crippen LogP contribution in [0.4, 0.5) is 11.5 Å². The minimum atomic E-state index is 0.110. The SMILES string of the molecule is Cc1ccc(N2CCOCC2[n+]2cc(C)cc(N3CCOCC3)c2)nc1. The summed E-state index contributed by atoms with van der Waals surface area (Å²) in [6, 6.07) is 6.47. The Morgan fingerprint density at radius 3 is 2.58 bits per heavy atom. The van der Waals surface area contributed by atoms with Gasteiger partial charge in [0.15, 0.2) is 12.4 Å². The van der Waals surface area contributed by atoms with Gasteiger partial charge in [-0.1, -0.05) is 6.07 Å². The lowest BCUT2D eigenvalue weighted by Crippen LogP contribution is -2.56. The number of rotatable bonds is 3. The molecule has 6 heteroatoms. The van der Waals surface area contributed by atoms with Crippen LogP contribution in [0.5, 0.6) is 0 Å². The molecule has 0 N–H and O–H groups in total. The number of hydrogen-bond donors (Lipinski definition) is 0. The van der Waals surface area contributed by atoms with E-state index in [2.05, 4.69) is 63.8 Å². The molecular formula is C20H27N4O2+. The van der Waals surface area contributed by atoms with Gasteiger partial charge in [0.05, 0.1) is 19.8 Å². The van der Waals surface area contributed by atoms with Gasteiger partial charge in [-0.2, -0.15) is 4.57 Å². The number of hydrogen-bond acceptors (Lipinski definition) is 5. The van der Waals surface area contributed by atoms with E-state index in [1.807, 2.05) is 6.20 Å². The molecule has 2 aromatic heterocycles. The molecule has 1 unspecified atom stereocenters. The second kappa shape index (κ2) is 7.60. The highest BCUT2D eigenvalue weighted by Gasteiger charge is 2.32. The van der Waals surface area contributed by atoms with Gasteiger partial charge >= 0.3 is 0 Å². The molecule has 6 nitrogen and oxygen atoms in total. The number of ether oxygens (including phenoxy) is 2. The second-order valence-electron chi connectivity index (χ2n) is 7.06. The smallest absolute Gasteiger partial charge is 0.258 e. The van der Waals surface area contributed by atoms with Crippen molar-refractivity contribution in [3.8, 4) is 0 Å². The Bertz CT molecular complexity index is 744. The Morgan fingerprint density at radius 2 is 1.81 bits per heavy atom. The zero-order valence-corrected chi connectivity index (χ0v) is 15.6. The monoisotopic (exact) mass is 355 g/mol. The van der Waals surface area contributed by atoms with Gasteiger partial charge in [0.25, 0.3) is 6.17 Å². The van der Waals surface area contributed by atoms with Crippen LogP contribution in [-0.2, 0) is 9.47 Å². The van der Waals surface area contributed by atoms with Gasteiger partial charge in [0.1, 0.15) is 18.1 Å². The summed E-state index contributed by atoms with van der Waals surface area (Å²) >= 11 is 0. The molecule has 0 amide bonds. The van der Waals surface area contributed by atoms with E-state index in [-0.39, 0.29) is 6.17 Å². The van der Waals surface area contributed by atoms with Gasteiger partial charge in [0.2, 0.25) is 0 Å². The predicted molar refractivity (Wildman–Crippen MR) is 101 cm³/mol. The molecule has 0 spiro atoms.